The largest absolute Gasteiger partial charge is 0.496 e. The number of hydrogen-bond acceptors (Lipinski definition) is 4. The van der Waals surface area contributed by atoms with Gasteiger partial charge in [0.05, 0.1) is 18.9 Å². The average molecular weight is 250 g/mol. The SMILES string of the molecule is CNCCc1ncc(-c2c(F)cccc2OC)o1. The first-order chi connectivity index (χ1) is 8.76. The van der Waals surface area contributed by atoms with Crippen molar-refractivity contribution in [2.75, 3.05) is 20.7 Å². The van der Waals surface area contributed by atoms with Crippen molar-refractivity contribution in [2.24, 2.45) is 0 Å². The van der Waals surface area contributed by atoms with Crippen LogP contribution in [0.5, 0.6) is 5.75 Å². The predicted octanol–water partition coefficient (Wildman–Crippen LogP) is 2.25. The molecule has 0 fully saturated rings. The van der Waals surface area contributed by atoms with Gasteiger partial charge in [0.25, 0.3) is 0 Å². The number of nitrogens with one attached hydrogen (secondary N) is 1. The van der Waals surface area contributed by atoms with Gasteiger partial charge in [-0.2, -0.15) is 0 Å². The minimum absolute atomic E-state index is 0.309. The number of hydrogen-bond donors (Lipinski definition) is 1. The summed E-state index contributed by atoms with van der Waals surface area (Å²) in [4.78, 5) is 4.12. The van der Waals surface area contributed by atoms with E-state index in [2.05, 4.69) is 10.3 Å². The molecule has 1 aromatic carbocycles. The Morgan fingerprint density at radius 3 is 3.00 bits per heavy atom. The molecule has 2 rings (SSSR count). The van der Waals surface area contributed by atoms with Crippen molar-refractivity contribution in [3.8, 4) is 17.1 Å². The standard InChI is InChI=1S/C13H15FN2O2/c1-15-7-6-12-16-8-11(18-12)13-9(14)4-3-5-10(13)17-2/h3-5,8,15H,6-7H2,1-2H3. The molecule has 4 nitrogen and oxygen atoms in total. The summed E-state index contributed by atoms with van der Waals surface area (Å²) in [7, 11) is 3.35. The zero-order chi connectivity index (χ0) is 13.0. The van der Waals surface area contributed by atoms with Crippen molar-refractivity contribution < 1.29 is 13.5 Å². The van der Waals surface area contributed by atoms with Crippen LogP contribution < -0.4 is 10.1 Å². The summed E-state index contributed by atoms with van der Waals surface area (Å²) in [5.74, 6) is 1.01. The van der Waals surface area contributed by atoms with E-state index >= 15 is 0 Å². The summed E-state index contributed by atoms with van der Waals surface area (Å²) in [5, 5.41) is 3.00. The number of aromatic nitrogens is 1. The highest BCUT2D eigenvalue weighted by Crippen LogP contribution is 2.32. The number of oxazole rings is 1. The Morgan fingerprint density at radius 2 is 2.28 bits per heavy atom. The van der Waals surface area contributed by atoms with Gasteiger partial charge in [-0.3, -0.25) is 0 Å². The Kier molecular flexibility index (Phi) is 3.94. The molecule has 1 N–H and O–H groups in total. The third-order valence-electron chi connectivity index (χ3n) is 2.58. The van der Waals surface area contributed by atoms with Crippen molar-refractivity contribution in [1.82, 2.24) is 10.3 Å². The lowest BCUT2D eigenvalue weighted by atomic mass is 10.1. The molecule has 0 aliphatic rings. The monoisotopic (exact) mass is 250 g/mol. The first-order valence-electron chi connectivity index (χ1n) is 5.68. The third kappa shape index (κ3) is 2.51. The lowest BCUT2D eigenvalue weighted by molar-refractivity contribution is 0.410. The number of halogens is 1. The highest BCUT2D eigenvalue weighted by molar-refractivity contribution is 5.65. The minimum Gasteiger partial charge on any atom is -0.496 e. The molecule has 0 aliphatic carbocycles. The molecule has 0 bridgehead atoms. The average Bonchev–Trinajstić information content (AvgIpc) is 2.84. The van der Waals surface area contributed by atoms with Gasteiger partial charge in [-0.25, -0.2) is 9.37 Å². The Balaban J connectivity index is 2.33. The number of nitrogens with zero attached hydrogens (tertiary/aromatic N) is 1. The van der Waals surface area contributed by atoms with E-state index in [1.807, 2.05) is 7.05 Å². The van der Waals surface area contributed by atoms with Gasteiger partial charge in [0.2, 0.25) is 0 Å². The number of rotatable bonds is 5. The van der Waals surface area contributed by atoms with Crippen LogP contribution in [0.2, 0.25) is 0 Å². The Morgan fingerprint density at radius 1 is 1.44 bits per heavy atom. The van der Waals surface area contributed by atoms with Crippen LogP contribution in [0.25, 0.3) is 11.3 Å². The van der Waals surface area contributed by atoms with Gasteiger partial charge in [-0.05, 0) is 19.2 Å². The van der Waals surface area contributed by atoms with E-state index < -0.39 is 0 Å². The summed E-state index contributed by atoms with van der Waals surface area (Å²) in [6, 6.07) is 4.65. The van der Waals surface area contributed by atoms with E-state index in [0.717, 1.165) is 6.54 Å². The fraction of sp³-hybridized carbons (Fsp3) is 0.308. The van der Waals surface area contributed by atoms with Gasteiger partial charge in [0.15, 0.2) is 11.7 Å². The van der Waals surface area contributed by atoms with E-state index in [1.165, 1.54) is 19.4 Å². The number of methoxy groups -OCH3 is 1. The Hall–Kier alpha value is -1.88. The summed E-state index contributed by atoms with van der Waals surface area (Å²) in [5.41, 5.74) is 0.309. The fourth-order valence-electron chi connectivity index (χ4n) is 1.69. The Bertz CT molecular complexity index is 525. The Labute approximate surface area is 105 Å². The molecular formula is C13H15FN2O2. The van der Waals surface area contributed by atoms with Gasteiger partial charge in [-0.15, -0.1) is 0 Å². The molecule has 0 aliphatic heterocycles. The smallest absolute Gasteiger partial charge is 0.196 e. The third-order valence-corrected chi connectivity index (χ3v) is 2.58. The molecule has 18 heavy (non-hydrogen) atoms. The molecule has 0 saturated heterocycles. The van der Waals surface area contributed by atoms with Crippen LogP contribution in [0.4, 0.5) is 4.39 Å². The highest BCUT2D eigenvalue weighted by Gasteiger charge is 2.15. The summed E-state index contributed by atoms with van der Waals surface area (Å²) in [6.07, 6.45) is 2.18. The molecule has 0 saturated carbocycles. The predicted molar refractivity (Wildman–Crippen MR) is 66.1 cm³/mol. The van der Waals surface area contributed by atoms with Crippen molar-refractivity contribution >= 4 is 0 Å². The van der Waals surface area contributed by atoms with Crippen LogP contribution in [-0.2, 0) is 6.42 Å². The van der Waals surface area contributed by atoms with Crippen LogP contribution in [0, 0.1) is 5.82 Å². The van der Waals surface area contributed by atoms with E-state index in [9.17, 15) is 4.39 Å². The van der Waals surface area contributed by atoms with Crippen molar-refractivity contribution in [3.05, 3.63) is 36.1 Å². The van der Waals surface area contributed by atoms with Crippen molar-refractivity contribution in [2.45, 2.75) is 6.42 Å². The van der Waals surface area contributed by atoms with Gasteiger partial charge < -0.3 is 14.5 Å². The molecule has 0 amide bonds. The maximum Gasteiger partial charge on any atom is 0.196 e. The van der Waals surface area contributed by atoms with E-state index in [0.29, 0.717) is 29.4 Å². The van der Waals surface area contributed by atoms with Crippen LogP contribution in [0.1, 0.15) is 5.89 Å². The molecule has 0 spiro atoms. The number of likely N-dealkylation sites (N-methyl/N-ethyl adjacent to an activating group) is 1. The molecule has 5 heteroatoms. The first-order valence-corrected chi connectivity index (χ1v) is 5.68. The van der Waals surface area contributed by atoms with Crippen LogP contribution >= 0.6 is 0 Å². The van der Waals surface area contributed by atoms with Crippen LogP contribution in [0.3, 0.4) is 0 Å². The van der Waals surface area contributed by atoms with Crippen molar-refractivity contribution in [3.63, 3.8) is 0 Å². The second kappa shape index (κ2) is 5.64. The fourth-order valence-corrected chi connectivity index (χ4v) is 1.69. The first kappa shape index (κ1) is 12.6. The van der Waals surface area contributed by atoms with E-state index in [-0.39, 0.29) is 5.82 Å². The molecule has 1 aromatic heterocycles. The van der Waals surface area contributed by atoms with Gasteiger partial charge >= 0.3 is 0 Å². The molecule has 0 atom stereocenters. The molecule has 2 aromatic rings. The zero-order valence-corrected chi connectivity index (χ0v) is 10.4. The minimum atomic E-state index is -0.384. The maximum atomic E-state index is 13.8. The summed E-state index contributed by atoms with van der Waals surface area (Å²) in [6.45, 7) is 0.758. The molecule has 0 radical (unpaired) electrons. The lowest BCUT2D eigenvalue weighted by Gasteiger charge is -2.06. The maximum absolute atomic E-state index is 13.8. The van der Waals surface area contributed by atoms with Crippen LogP contribution in [0.15, 0.2) is 28.8 Å². The number of ether oxygens (including phenoxy) is 1. The number of benzene rings is 1. The van der Waals surface area contributed by atoms with Crippen molar-refractivity contribution in [1.29, 1.82) is 0 Å². The molecule has 0 unspecified atom stereocenters. The molecule has 96 valence electrons. The highest BCUT2D eigenvalue weighted by atomic mass is 19.1. The van der Waals surface area contributed by atoms with Gasteiger partial charge in [0, 0.05) is 13.0 Å². The van der Waals surface area contributed by atoms with E-state index in [4.69, 9.17) is 9.15 Å². The zero-order valence-electron chi connectivity index (χ0n) is 10.4. The second-order valence-electron chi connectivity index (χ2n) is 3.79. The topological polar surface area (TPSA) is 47.3 Å². The summed E-state index contributed by atoms with van der Waals surface area (Å²) >= 11 is 0. The quantitative estimate of drug-likeness (QED) is 0.884. The molecular weight excluding hydrogens is 235 g/mol. The normalized spacial score (nSPS) is 10.6. The van der Waals surface area contributed by atoms with E-state index in [1.54, 1.807) is 12.1 Å². The van der Waals surface area contributed by atoms with Gasteiger partial charge in [0.1, 0.15) is 11.6 Å². The lowest BCUT2D eigenvalue weighted by Crippen LogP contribution is -2.10. The van der Waals surface area contributed by atoms with Gasteiger partial charge in [-0.1, -0.05) is 6.07 Å². The van der Waals surface area contributed by atoms with Crippen LogP contribution in [-0.4, -0.2) is 25.7 Å². The summed E-state index contributed by atoms with van der Waals surface area (Å²) < 4.78 is 24.5. The molecule has 1 heterocycles. The second-order valence-corrected chi connectivity index (χ2v) is 3.79.